The average Bonchev–Trinajstić information content (AvgIpc) is 2.77. The second-order valence-electron chi connectivity index (χ2n) is 3.99. The molecule has 0 spiro atoms. The van der Waals surface area contributed by atoms with Crippen LogP contribution in [-0.2, 0) is 0 Å². The van der Waals surface area contributed by atoms with Gasteiger partial charge < -0.3 is 10.2 Å². The Balaban J connectivity index is 2.09. The molecule has 1 N–H and O–H groups in total. The molecule has 0 unspecified atom stereocenters. The quantitative estimate of drug-likeness (QED) is 0.721. The highest BCUT2D eigenvalue weighted by Crippen LogP contribution is 2.16. The van der Waals surface area contributed by atoms with E-state index in [2.05, 4.69) is 31.5 Å². The van der Waals surface area contributed by atoms with Crippen LogP contribution in [0.15, 0.2) is 12.4 Å². The Kier molecular flexibility index (Phi) is 2.21. The number of hydrogen-bond acceptors (Lipinski definition) is 5. The zero-order valence-corrected chi connectivity index (χ0v) is 9.22. The van der Waals surface area contributed by atoms with Crippen LogP contribution < -0.4 is 10.2 Å². The summed E-state index contributed by atoms with van der Waals surface area (Å²) in [5, 5.41) is 11.2. The van der Waals surface area contributed by atoms with E-state index >= 15 is 0 Å². The van der Waals surface area contributed by atoms with Gasteiger partial charge in [-0.2, -0.15) is 0 Å². The molecule has 0 saturated carbocycles. The van der Waals surface area contributed by atoms with Crippen molar-refractivity contribution in [3.8, 4) is 0 Å². The molecule has 0 aliphatic carbocycles. The van der Waals surface area contributed by atoms with Crippen molar-refractivity contribution in [3.63, 3.8) is 0 Å². The molecule has 0 amide bonds. The molecule has 6 nitrogen and oxygen atoms in total. The summed E-state index contributed by atoms with van der Waals surface area (Å²) in [5.41, 5.74) is 0.981. The highest BCUT2D eigenvalue weighted by Gasteiger charge is 2.14. The number of aromatic nitrogens is 4. The standard InChI is InChI=1S/C10H14N6/c1-8-6-9(15-4-2-11-3-5-15)16-7-12-14-10(16)13-8/h6-7,11H,2-5H2,1H3. The summed E-state index contributed by atoms with van der Waals surface area (Å²) in [4.78, 5) is 6.67. The van der Waals surface area contributed by atoms with E-state index in [0.717, 1.165) is 37.7 Å². The van der Waals surface area contributed by atoms with Gasteiger partial charge in [-0.15, -0.1) is 10.2 Å². The largest absolute Gasteiger partial charge is 0.355 e. The average molecular weight is 218 g/mol. The third kappa shape index (κ3) is 1.51. The fourth-order valence-corrected chi connectivity index (χ4v) is 2.05. The minimum Gasteiger partial charge on any atom is -0.355 e. The number of aryl methyl sites for hydroxylation is 1. The van der Waals surface area contributed by atoms with E-state index in [1.54, 1.807) is 6.33 Å². The lowest BCUT2D eigenvalue weighted by molar-refractivity contribution is 0.582. The van der Waals surface area contributed by atoms with E-state index in [1.807, 2.05) is 11.3 Å². The van der Waals surface area contributed by atoms with Gasteiger partial charge in [0.15, 0.2) is 0 Å². The maximum absolute atomic E-state index is 4.34. The molecular weight excluding hydrogens is 204 g/mol. The van der Waals surface area contributed by atoms with E-state index in [9.17, 15) is 0 Å². The van der Waals surface area contributed by atoms with Gasteiger partial charge >= 0.3 is 0 Å². The van der Waals surface area contributed by atoms with E-state index in [1.165, 1.54) is 0 Å². The molecule has 16 heavy (non-hydrogen) atoms. The number of rotatable bonds is 1. The Morgan fingerprint density at radius 2 is 2.12 bits per heavy atom. The lowest BCUT2D eigenvalue weighted by atomic mass is 10.3. The van der Waals surface area contributed by atoms with Crippen molar-refractivity contribution in [2.75, 3.05) is 31.1 Å². The first-order valence-electron chi connectivity index (χ1n) is 5.47. The van der Waals surface area contributed by atoms with E-state index in [4.69, 9.17) is 0 Å². The van der Waals surface area contributed by atoms with Crippen LogP contribution in [-0.4, -0.2) is 45.8 Å². The van der Waals surface area contributed by atoms with Gasteiger partial charge in [-0.25, -0.2) is 4.98 Å². The normalized spacial score (nSPS) is 16.9. The van der Waals surface area contributed by atoms with Crippen molar-refractivity contribution in [1.82, 2.24) is 24.9 Å². The summed E-state index contributed by atoms with van der Waals surface area (Å²) < 4.78 is 1.94. The number of anilines is 1. The monoisotopic (exact) mass is 218 g/mol. The first-order chi connectivity index (χ1) is 7.84. The van der Waals surface area contributed by atoms with Gasteiger partial charge in [0, 0.05) is 37.9 Å². The van der Waals surface area contributed by atoms with Crippen LogP contribution in [0.3, 0.4) is 0 Å². The SMILES string of the molecule is Cc1cc(N2CCNCC2)n2cnnc2n1. The number of fused-ring (bicyclic) bond motifs is 1. The molecule has 3 rings (SSSR count). The lowest BCUT2D eigenvalue weighted by Crippen LogP contribution is -2.44. The molecular formula is C10H14N6. The maximum atomic E-state index is 4.34. The highest BCUT2D eigenvalue weighted by atomic mass is 15.3. The van der Waals surface area contributed by atoms with Crippen LogP contribution in [0.25, 0.3) is 5.78 Å². The van der Waals surface area contributed by atoms with Crippen LogP contribution in [0.1, 0.15) is 5.69 Å². The van der Waals surface area contributed by atoms with Gasteiger partial charge in [0.1, 0.15) is 12.1 Å². The smallest absolute Gasteiger partial charge is 0.256 e. The summed E-state index contributed by atoms with van der Waals surface area (Å²) in [7, 11) is 0. The number of nitrogens with one attached hydrogen (secondary N) is 1. The fraction of sp³-hybridized carbons (Fsp3) is 0.500. The third-order valence-corrected chi connectivity index (χ3v) is 2.83. The van der Waals surface area contributed by atoms with Gasteiger partial charge in [-0.1, -0.05) is 0 Å². The van der Waals surface area contributed by atoms with Crippen molar-refractivity contribution in [3.05, 3.63) is 18.1 Å². The topological polar surface area (TPSA) is 58.4 Å². The van der Waals surface area contributed by atoms with Gasteiger partial charge in [0.2, 0.25) is 0 Å². The molecule has 1 saturated heterocycles. The zero-order valence-electron chi connectivity index (χ0n) is 9.22. The summed E-state index contributed by atoms with van der Waals surface area (Å²) in [5.74, 6) is 1.81. The third-order valence-electron chi connectivity index (χ3n) is 2.83. The van der Waals surface area contributed by atoms with Crippen molar-refractivity contribution < 1.29 is 0 Å². The van der Waals surface area contributed by atoms with Gasteiger partial charge in [0.25, 0.3) is 5.78 Å². The van der Waals surface area contributed by atoms with Crippen LogP contribution in [0.5, 0.6) is 0 Å². The summed E-state index contributed by atoms with van der Waals surface area (Å²) in [6.07, 6.45) is 1.72. The van der Waals surface area contributed by atoms with Crippen LogP contribution in [0.2, 0.25) is 0 Å². The van der Waals surface area contributed by atoms with Crippen molar-refractivity contribution >= 4 is 11.6 Å². The molecule has 3 heterocycles. The molecule has 1 aliphatic heterocycles. The predicted octanol–water partition coefficient (Wildman–Crippen LogP) is -0.158. The van der Waals surface area contributed by atoms with Gasteiger partial charge in [0.05, 0.1) is 0 Å². The summed E-state index contributed by atoms with van der Waals surface area (Å²) in [6.45, 7) is 6.05. The second-order valence-corrected chi connectivity index (χ2v) is 3.99. The molecule has 6 heteroatoms. The zero-order chi connectivity index (χ0) is 11.0. The molecule has 1 aliphatic rings. The Morgan fingerprint density at radius 1 is 1.31 bits per heavy atom. The molecule has 2 aromatic heterocycles. The van der Waals surface area contributed by atoms with E-state index in [-0.39, 0.29) is 0 Å². The fourth-order valence-electron chi connectivity index (χ4n) is 2.05. The number of nitrogens with zero attached hydrogens (tertiary/aromatic N) is 5. The molecule has 0 bridgehead atoms. The van der Waals surface area contributed by atoms with E-state index < -0.39 is 0 Å². The number of hydrogen-bond donors (Lipinski definition) is 1. The van der Waals surface area contributed by atoms with Crippen molar-refractivity contribution in [2.24, 2.45) is 0 Å². The summed E-state index contributed by atoms with van der Waals surface area (Å²) >= 11 is 0. The number of piperazine rings is 1. The van der Waals surface area contributed by atoms with Crippen LogP contribution >= 0.6 is 0 Å². The molecule has 84 valence electrons. The molecule has 0 aromatic carbocycles. The van der Waals surface area contributed by atoms with Gasteiger partial charge in [-0.3, -0.25) is 4.40 Å². The van der Waals surface area contributed by atoms with Crippen LogP contribution in [0, 0.1) is 6.92 Å². The van der Waals surface area contributed by atoms with Crippen molar-refractivity contribution in [1.29, 1.82) is 0 Å². The Labute approximate surface area is 93.3 Å². The second kappa shape index (κ2) is 3.71. The Hall–Kier alpha value is -1.69. The van der Waals surface area contributed by atoms with Crippen LogP contribution in [0.4, 0.5) is 5.82 Å². The molecule has 2 aromatic rings. The molecule has 0 radical (unpaired) electrons. The predicted molar refractivity (Wildman–Crippen MR) is 60.6 cm³/mol. The minimum atomic E-state index is 0.675. The maximum Gasteiger partial charge on any atom is 0.256 e. The minimum absolute atomic E-state index is 0.675. The first kappa shape index (κ1) is 9.53. The Bertz CT molecular complexity index is 499. The van der Waals surface area contributed by atoms with Gasteiger partial charge in [-0.05, 0) is 6.92 Å². The summed E-state index contributed by atoms with van der Waals surface area (Å²) in [6, 6.07) is 2.08. The first-order valence-corrected chi connectivity index (χ1v) is 5.47. The Morgan fingerprint density at radius 3 is 2.94 bits per heavy atom. The highest BCUT2D eigenvalue weighted by molar-refractivity contribution is 5.48. The molecule has 0 atom stereocenters. The molecule has 1 fully saturated rings. The van der Waals surface area contributed by atoms with E-state index in [0.29, 0.717) is 5.78 Å². The lowest BCUT2D eigenvalue weighted by Gasteiger charge is -2.29. The van der Waals surface area contributed by atoms with Crippen molar-refractivity contribution in [2.45, 2.75) is 6.92 Å².